The first-order valence-electron chi connectivity index (χ1n) is 5.59. The van der Waals surface area contributed by atoms with E-state index in [4.69, 9.17) is 5.11 Å². The summed E-state index contributed by atoms with van der Waals surface area (Å²) in [5.74, 6) is -1.47. The van der Waals surface area contributed by atoms with Crippen molar-refractivity contribution < 1.29 is 24.2 Å². The zero-order chi connectivity index (χ0) is 14.3. The fourth-order valence-electron chi connectivity index (χ4n) is 1.36. The highest BCUT2D eigenvalue weighted by molar-refractivity contribution is 5.85. The van der Waals surface area contributed by atoms with Crippen molar-refractivity contribution in [2.75, 3.05) is 20.7 Å². The second-order valence-corrected chi connectivity index (χ2v) is 4.40. The van der Waals surface area contributed by atoms with Gasteiger partial charge in [0.1, 0.15) is 12.6 Å². The van der Waals surface area contributed by atoms with Gasteiger partial charge in [0, 0.05) is 7.05 Å². The van der Waals surface area contributed by atoms with Gasteiger partial charge >= 0.3 is 18.0 Å². The van der Waals surface area contributed by atoms with E-state index in [2.05, 4.69) is 10.1 Å². The van der Waals surface area contributed by atoms with E-state index in [0.717, 1.165) is 4.90 Å². The summed E-state index contributed by atoms with van der Waals surface area (Å²) in [6.45, 7) is 3.38. The summed E-state index contributed by atoms with van der Waals surface area (Å²) in [5.41, 5.74) is 0. The molecule has 2 amide bonds. The predicted molar refractivity (Wildman–Crippen MR) is 64.1 cm³/mol. The second kappa shape index (κ2) is 7.52. The fourth-order valence-corrected chi connectivity index (χ4v) is 1.36. The number of hydrogen-bond donors (Lipinski definition) is 2. The van der Waals surface area contributed by atoms with Gasteiger partial charge in [-0.1, -0.05) is 13.8 Å². The van der Waals surface area contributed by atoms with Crippen molar-refractivity contribution in [3.63, 3.8) is 0 Å². The van der Waals surface area contributed by atoms with Crippen LogP contribution in [0.2, 0.25) is 0 Å². The molecule has 7 nitrogen and oxygen atoms in total. The largest absolute Gasteiger partial charge is 0.480 e. The number of aliphatic carboxylic acids is 1. The number of urea groups is 1. The molecule has 0 spiro atoms. The number of methoxy groups -OCH3 is 1. The third kappa shape index (κ3) is 6.07. The van der Waals surface area contributed by atoms with Crippen LogP contribution in [0.25, 0.3) is 0 Å². The zero-order valence-corrected chi connectivity index (χ0v) is 11.1. The standard InChI is InChI=1S/C11H20N2O5/c1-7(2)5-8(10(16)18-4)12-11(17)13(3)6-9(14)15/h7-8H,5-6H2,1-4H3,(H,12,17)(H,14,15). The predicted octanol–water partition coefficient (Wildman–Crippen LogP) is 0.300. The monoisotopic (exact) mass is 260 g/mol. The van der Waals surface area contributed by atoms with Gasteiger partial charge in [-0.3, -0.25) is 4.79 Å². The van der Waals surface area contributed by atoms with Crippen LogP contribution in [-0.4, -0.2) is 54.7 Å². The first-order valence-corrected chi connectivity index (χ1v) is 5.59. The summed E-state index contributed by atoms with van der Waals surface area (Å²) in [4.78, 5) is 34.5. The molecule has 0 saturated heterocycles. The van der Waals surface area contributed by atoms with Gasteiger partial charge in [0.05, 0.1) is 7.11 Å². The van der Waals surface area contributed by atoms with Crippen LogP contribution < -0.4 is 5.32 Å². The van der Waals surface area contributed by atoms with Gasteiger partial charge in [0.2, 0.25) is 0 Å². The molecule has 7 heteroatoms. The van der Waals surface area contributed by atoms with Crippen LogP contribution in [0.1, 0.15) is 20.3 Å². The van der Waals surface area contributed by atoms with Crippen molar-refractivity contribution in [1.82, 2.24) is 10.2 Å². The van der Waals surface area contributed by atoms with Crippen molar-refractivity contribution >= 4 is 18.0 Å². The third-order valence-corrected chi connectivity index (χ3v) is 2.21. The number of rotatable bonds is 6. The molecule has 0 aliphatic heterocycles. The number of nitrogens with zero attached hydrogens (tertiary/aromatic N) is 1. The highest BCUT2D eigenvalue weighted by atomic mass is 16.5. The van der Waals surface area contributed by atoms with E-state index < -0.39 is 30.6 Å². The first kappa shape index (κ1) is 16.2. The molecule has 0 aromatic heterocycles. The van der Waals surface area contributed by atoms with E-state index in [9.17, 15) is 14.4 Å². The topological polar surface area (TPSA) is 95.9 Å². The molecule has 18 heavy (non-hydrogen) atoms. The molecule has 0 bridgehead atoms. The molecule has 0 aliphatic carbocycles. The maximum Gasteiger partial charge on any atom is 0.328 e. The number of ether oxygens (including phenoxy) is 1. The first-order chi connectivity index (χ1) is 8.27. The molecular weight excluding hydrogens is 240 g/mol. The lowest BCUT2D eigenvalue weighted by Gasteiger charge is -2.22. The second-order valence-electron chi connectivity index (χ2n) is 4.40. The Labute approximate surface area is 106 Å². The lowest BCUT2D eigenvalue weighted by Crippen LogP contribution is -2.48. The zero-order valence-electron chi connectivity index (χ0n) is 11.1. The average Bonchev–Trinajstić information content (AvgIpc) is 2.25. The molecule has 104 valence electrons. The van der Waals surface area contributed by atoms with E-state index in [1.165, 1.54) is 14.2 Å². The number of amides is 2. The van der Waals surface area contributed by atoms with Crippen LogP contribution in [0.4, 0.5) is 4.79 Å². The Morgan fingerprint density at radius 3 is 2.28 bits per heavy atom. The maximum absolute atomic E-state index is 11.6. The molecule has 0 radical (unpaired) electrons. The Morgan fingerprint density at radius 1 is 1.33 bits per heavy atom. The number of likely N-dealkylation sites (N-methyl/N-ethyl adjacent to an activating group) is 1. The molecule has 1 atom stereocenters. The molecular formula is C11H20N2O5. The van der Waals surface area contributed by atoms with Crippen molar-refractivity contribution in [3.8, 4) is 0 Å². The Kier molecular flexibility index (Phi) is 6.77. The highest BCUT2D eigenvalue weighted by Crippen LogP contribution is 2.06. The molecule has 0 rings (SSSR count). The van der Waals surface area contributed by atoms with Gasteiger partial charge in [-0.05, 0) is 12.3 Å². The minimum absolute atomic E-state index is 0.194. The van der Waals surface area contributed by atoms with Crippen LogP contribution in [0.3, 0.4) is 0 Å². The summed E-state index contributed by atoms with van der Waals surface area (Å²) in [6, 6.07) is -1.38. The normalized spacial score (nSPS) is 11.8. The quantitative estimate of drug-likeness (QED) is 0.670. The van der Waals surface area contributed by atoms with Crippen LogP contribution in [0.15, 0.2) is 0 Å². The Bertz CT molecular complexity index is 317. The molecule has 0 aromatic carbocycles. The van der Waals surface area contributed by atoms with Crippen molar-refractivity contribution in [1.29, 1.82) is 0 Å². The Balaban J connectivity index is 4.52. The van der Waals surface area contributed by atoms with E-state index >= 15 is 0 Å². The van der Waals surface area contributed by atoms with Gasteiger partial charge in [-0.15, -0.1) is 0 Å². The molecule has 0 saturated carbocycles. The Hall–Kier alpha value is -1.79. The molecule has 1 unspecified atom stereocenters. The van der Waals surface area contributed by atoms with Gasteiger partial charge in [0.25, 0.3) is 0 Å². The minimum atomic E-state index is -1.12. The summed E-state index contributed by atoms with van der Waals surface area (Å²) in [5, 5.41) is 11.0. The number of carbonyl (C=O) groups is 3. The van der Waals surface area contributed by atoms with Gasteiger partial charge in [-0.2, -0.15) is 0 Å². The lowest BCUT2D eigenvalue weighted by molar-refractivity contribution is -0.143. The lowest BCUT2D eigenvalue weighted by atomic mass is 10.0. The van der Waals surface area contributed by atoms with Crippen LogP contribution in [0, 0.1) is 5.92 Å². The minimum Gasteiger partial charge on any atom is -0.480 e. The van der Waals surface area contributed by atoms with E-state index in [0.29, 0.717) is 6.42 Å². The molecule has 0 aromatic rings. The summed E-state index contributed by atoms with van der Waals surface area (Å²) in [6.07, 6.45) is 0.430. The SMILES string of the molecule is COC(=O)C(CC(C)C)NC(=O)N(C)CC(=O)O. The molecule has 0 aliphatic rings. The highest BCUT2D eigenvalue weighted by Gasteiger charge is 2.24. The number of hydrogen-bond acceptors (Lipinski definition) is 4. The summed E-state index contributed by atoms with van der Waals surface area (Å²) >= 11 is 0. The molecule has 0 heterocycles. The van der Waals surface area contributed by atoms with Gasteiger partial charge < -0.3 is 20.1 Å². The van der Waals surface area contributed by atoms with Crippen molar-refractivity contribution in [2.24, 2.45) is 5.92 Å². The van der Waals surface area contributed by atoms with Crippen molar-refractivity contribution in [3.05, 3.63) is 0 Å². The number of carbonyl (C=O) groups excluding carboxylic acids is 2. The number of esters is 1. The van der Waals surface area contributed by atoms with E-state index in [-0.39, 0.29) is 5.92 Å². The van der Waals surface area contributed by atoms with Crippen LogP contribution in [0.5, 0.6) is 0 Å². The number of nitrogens with one attached hydrogen (secondary N) is 1. The molecule has 0 fully saturated rings. The molecule has 2 N–H and O–H groups in total. The third-order valence-electron chi connectivity index (χ3n) is 2.21. The van der Waals surface area contributed by atoms with E-state index in [1.54, 1.807) is 0 Å². The number of carboxylic acid groups (broad SMARTS) is 1. The number of carboxylic acids is 1. The van der Waals surface area contributed by atoms with Crippen LogP contribution in [-0.2, 0) is 14.3 Å². The summed E-state index contributed by atoms with van der Waals surface area (Å²) in [7, 11) is 2.58. The van der Waals surface area contributed by atoms with E-state index in [1.807, 2.05) is 13.8 Å². The smallest absolute Gasteiger partial charge is 0.328 e. The van der Waals surface area contributed by atoms with Gasteiger partial charge in [-0.25, -0.2) is 9.59 Å². The van der Waals surface area contributed by atoms with Crippen LogP contribution >= 0.6 is 0 Å². The Morgan fingerprint density at radius 2 is 1.89 bits per heavy atom. The van der Waals surface area contributed by atoms with Crippen molar-refractivity contribution in [2.45, 2.75) is 26.3 Å². The summed E-state index contributed by atoms with van der Waals surface area (Å²) < 4.78 is 4.59. The fraction of sp³-hybridized carbons (Fsp3) is 0.727. The van der Waals surface area contributed by atoms with Gasteiger partial charge in [0.15, 0.2) is 0 Å². The average molecular weight is 260 g/mol. The maximum atomic E-state index is 11.6.